The maximum atomic E-state index is 12.0. The van der Waals surface area contributed by atoms with Gasteiger partial charge in [-0.25, -0.2) is 0 Å². The SMILES string of the molecule is CCOC(=O)C1CNCCN1Cc1ccc(CO)cc1. The number of rotatable bonds is 5. The van der Waals surface area contributed by atoms with Crippen molar-refractivity contribution in [3.05, 3.63) is 35.4 Å². The van der Waals surface area contributed by atoms with E-state index in [4.69, 9.17) is 9.84 Å². The van der Waals surface area contributed by atoms with Gasteiger partial charge in [0.15, 0.2) is 0 Å². The van der Waals surface area contributed by atoms with Crippen LogP contribution in [0.3, 0.4) is 0 Å². The number of nitrogens with zero attached hydrogens (tertiary/aromatic N) is 1. The van der Waals surface area contributed by atoms with Gasteiger partial charge in [-0.15, -0.1) is 0 Å². The van der Waals surface area contributed by atoms with Gasteiger partial charge in [-0.05, 0) is 18.1 Å². The molecule has 1 fully saturated rings. The maximum Gasteiger partial charge on any atom is 0.324 e. The van der Waals surface area contributed by atoms with Gasteiger partial charge < -0.3 is 15.2 Å². The Labute approximate surface area is 119 Å². The van der Waals surface area contributed by atoms with Crippen LogP contribution in [0.25, 0.3) is 0 Å². The zero-order chi connectivity index (χ0) is 14.4. The fraction of sp³-hybridized carbons (Fsp3) is 0.533. The van der Waals surface area contributed by atoms with E-state index in [-0.39, 0.29) is 18.6 Å². The van der Waals surface area contributed by atoms with E-state index >= 15 is 0 Å². The Balaban J connectivity index is 2.02. The average molecular weight is 278 g/mol. The highest BCUT2D eigenvalue weighted by atomic mass is 16.5. The first-order valence-electron chi connectivity index (χ1n) is 7.04. The van der Waals surface area contributed by atoms with Crippen LogP contribution in [0.15, 0.2) is 24.3 Å². The Morgan fingerprint density at radius 3 is 2.75 bits per heavy atom. The quantitative estimate of drug-likeness (QED) is 0.769. The van der Waals surface area contributed by atoms with Crippen molar-refractivity contribution in [3.8, 4) is 0 Å². The van der Waals surface area contributed by atoms with Crippen molar-refractivity contribution in [3.63, 3.8) is 0 Å². The summed E-state index contributed by atoms with van der Waals surface area (Å²) in [5.41, 5.74) is 2.04. The van der Waals surface area contributed by atoms with Crippen LogP contribution >= 0.6 is 0 Å². The summed E-state index contributed by atoms with van der Waals surface area (Å²) in [5.74, 6) is -0.160. The molecule has 1 aliphatic rings. The van der Waals surface area contributed by atoms with Crippen molar-refractivity contribution in [2.75, 3.05) is 26.2 Å². The third kappa shape index (κ3) is 3.79. The Bertz CT molecular complexity index is 433. The van der Waals surface area contributed by atoms with Crippen LogP contribution in [-0.4, -0.2) is 48.3 Å². The minimum absolute atomic E-state index is 0.0549. The van der Waals surface area contributed by atoms with Crippen LogP contribution in [0.2, 0.25) is 0 Å². The minimum atomic E-state index is -0.221. The highest BCUT2D eigenvalue weighted by Crippen LogP contribution is 2.13. The number of carbonyl (C=O) groups is 1. The van der Waals surface area contributed by atoms with Crippen LogP contribution in [0, 0.1) is 0 Å². The van der Waals surface area contributed by atoms with Gasteiger partial charge in [0, 0.05) is 26.2 Å². The average Bonchev–Trinajstić information content (AvgIpc) is 2.49. The Morgan fingerprint density at radius 2 is 2.10 bits per heavy atom. The van der Waals surface area contributed by atoms with Gasteiger partial charge in [-0.1, -0.05) is 24.3 Å². The zero-order valence-corrected chi connectivity index (χ0v) is 11.8. The summed E-state index contributed by atoms with van der Waals surface area (Å²) in [4.78, 5) is 14.1. The molecule has 1 saturated heterocycles. The molecule has 0 amide bonds. The lowest BCUT2D eigenvalue weighted by molar-refractivity contribution is -0.150. The molecule has 1 unspecified atom stereocenters. The summed E-state index contributed by atoms with van der Waals surface area (Å²) in [6.07, 6.45) is 0. The van der Waals surface area contributed by atoms with E-state index in [9.17, 15) is 4.79 Å². The van der Waals surface area contributed by atoms with E-state index in [0.29, 0.717) is 13.2 Å². The molecule has 0 aliphatic carbocycles. The minimum Gasteiger partial charge on any atom is -0.465 e. The van der Waals surface area contributed by atoms with Crippen LogP contribution in [0.5, 0.6) is 0 Å². The number of esters is 1. The molecule has 0 spiro atoms. The van der Waals surface area contributed by atoms with Gasteiger partial charge in [0.1, 0.15) is 6.04 Å². The first kappa shape index (κ1) is 15.0. The highest BCUT2D eigenvalue weighted by molar-refractivity contribution is 5.76. The third-order valence-corrected chi connectivity index (χ3v) is 3.50. The van der Waals surface area contributed by atoms with Gasteiger partial charge in [0.25, 0.3) is 0 Å². The van der Waals surface area contributed by atoms with Crippen molar-refractivity contribution < 1.29 is 14.6 Å². The van der Waals surface area contributed by atoms with Crippen molar-refractivity contribution in [2.24, 2.45) is 0 Å². The van der Waals surface area contributed by atoms with E-state index in [1.54, 1.807) is 0 Å². The van der Waals surface area contributed by atoms with E-state index in [1.165, 1.54) is 0 Å². The second-order valence-corrected chi connectivity index (χ2v) is 4.92. The van der Waals surface area contributed by atoms with Gasteiger partial charge in [0.05, 0.1) is 13.2 Å². The third-order valence-electron chi connectivity index (χ3n) is 3.50. The molecular weight excluding hydrogens is 256 g/mol. The molecule has 1 aliphatic heterocycles. The highest BCUT2D eigenvalue weighted by Gasteiger charge is 2.29. The van der Waals surface area contributed by atoms with Crippen LogP contribution in [0.4, 0.5) is 0 Å². The number of ether oxygens (including phenoxy) is 1. The second kappa shape index (κ2) is 7.38. The van der Waals surface area contributed by atoms with Crippen LogP contribution < -0.4 is 5.32 Å². The molecule has 1 atom stereocenters. The number of hydrogen-bond acceptors (Lipinski definition) is 5. The molecule has 1 aromatic rings. The number of carbonyl (C=O) groups excluding carboxylic acids is 1. The summed E-state index contributed by atoms with van der Waals surface area (Å²) in [5, 5.41) is 12.3. The van der Waals surface area contributed by atoms with Gasteiger partial charge in [-0.2, -0.15) is 0 Å². The summed E-state index contributed by atoms with van der Waals surface area (Å²) >= 11 is 0. The standard InChI is InChI=1S/C15H22N2O3/c1-2-20-15(19)14-9-16-7-8-17(14)10-12-3-5-13(11-18)6-4-12/h3-6,14,16,18H,2,7-11H2,1H3. The monoisotopic (exact) mass is 278 g/mol. The Kier molecular flexibility index (Phi) is 5.52. The lowest BCUT2D eigenvalue weighted by Gasteiger charge is -2.34. The molecule has 5 nitrogen and oxygen atoms in total. The lowest BCUT2D eigenvalue weighted by atomic mass is 10.1. The molecule has 110 valence electrons. The maximum absolute atomic E-state index is 12.0. The molecule has 5 heteroatoms. The van der Waals surface area contributed by atoms with Gasteiger partial charge in [-0.3, -0.25) is 9.69 Å². The molecule has 20 heavy (non-hydrogen) atoms. The van der Waals surface area contributed by atoms with E-state index < -0.39 is 0 Å². The molecule has 1 heterocycles. The Morgan fingerprint density at radius 1 is 1.40 bits per heavy atom. The van der Waals surface area contributed by atoms with E-state index in [2.05, 4.69) is 10.2 Å². The fourth-order valence-corrected chi connectivity index (χ4v) is 2.39. The van der Waals surface area contributed by atoms with Crippen molar-refractivity contribution in [1.82, 2.24) is 10.2 Å². The smallest absolute Gasteiger partial charge is 0.324 e. The molecule has 1 aromatic carbocycles. The topological polar surface area (TPSA) is 61.8 Å². The van der Waals surface area contributed by atoms with Crippen LogP contribution in [-0.2, 0) is 22.7 Å². The first-order chi connectivity index (χ1) is 9.74. The second-order valence-electron chi connectivity index (χ2n) is 4.92. The van der Waals surface area contributed by atoms with Gasteiger partial charge in [0.2, 0.25) is 0 Å². The number of aliphatic hydroxyl groups is 1. The normalized spacial score (nSPS) is 19.8. The first-order valence-corrected chi connectivity index (χ1v) is 7.04. The molecule has 0 radical (unpaired) electrons. The number of hydrogen-bond donors (Lipinski definition) is 2. The summed E-state index contributed by atoms with van der Waals surface area (Å²) in [6, 6.07) is 7.60. The molecule has 0 aromatic heterocycles. The van der Waals surface area contributed by atoms with Crippen LogP contribution in [0.1, 0.15) is 18.1 Å². The number of nitrogens with one attached hydrogen (secondary N) is 1. The van der Waals surface area contributed by atoms with Crippen molar-refractivity contribution in [2.45, 2.75) is 26.1 Å². The van der Waals surface area contributed by atoms with Gasteiger partial charge >= 0.3 is 5.97 Å². The number of piperazine rings is 1. The number of aliphatic hydroxyl groups excluding tert-OH is 1. The van der Waals surface area contributed by atoms with Crippen molar-refractivity contribution >= 4 is 5.97 Å². The summed E-state index contributed by atoms with van der Waals surface area (Å²) < 4.78 is 5.13. The summed E-state index contributed by atoms with van der Waals surface area (Å²) in [6.45, 7) is 5.35. The van der Waals surface area contributed by atoms with Crippen molar-refractivity contribution in [1.29, 1.82) is 0 Å². The fourth-order valence-electron chi connectivity index (χ4n) is 2.39. The predicted molar refractivity (Wildman–Crippen MR) is 76.1 cm³/mol. The molecule has 0 saturated carbocycles. The lowest BCUT2D eigenvalue weighted by Crippen LogP contribution is -2.54. The molecule has 0 bridgehead atoms. The molecule has 2 rings (SSSR count). The number of benzene rings is 1. The predicted octanol–water partition coefficient (Wildman–Crippen LogP) is 0.516. The largest absolute Gasteiger partial charge is 0.465 e. The Hall–Kier alpha value is -1.43. The summed E-state index contributed by atoms with van der Waals surface area (Å²) in [7, 11) is 0. The molecule has 2 N–H and O–H groups in total. The van der Waals surface area contributed by atoms with E-state index in [1.807, 2.05) is 31.2 Å². The zero-order valence-electron chi connectivity index (χ0n) is 11.8. The molecular formula is C15H22N2O3. The van der Waals surface area contributed by atoms with E-state index in [0.717, 1.165) is 30.8 Å².